The van der Waals surface area contributed by atoms with Gasteiger partial charge in [0.1, 0.15) is 12.7 Å². The van der Waals surface area contributed by atoms with Gasteiger partial charge in [0, 0.05) is 12.7 Å². The molecule has 0 saturated carbocycles. The maximum Gasteiger partial charge on any atom is 0.332 e. The minimum Gasteiger partial charge on any atom is -0.457 e. The highest BCUT2D eigenvalue weighted by molar-refractivity contribution is 6.67. The molecule has 0 aliphatic heterocycles. The predicted octanol–water partition coefficient (Wildman–Crippen LogP) is 1.28. The summed E-state index contributed by atoms with van der Waals surface area (Å²) in [6.45, 7) is 3.08. The molecule has 0 saturated heterocycles. The smallest absolute Gasteiger partial charge is 0.332 e. The van der Waals surface area contributed by atoms with Crippen molar-refractivity contribution in [2.24, 2.45) is 0 Å². The van der Waals surface area contributed by atoms with Crippen molar-refractivity contribution in [2.45, 2.75) is 20.0 Å². The normalized spacial score (nSPS) is 13.6. The summed E-state index contributed by atoms with van der Waals surface area (Å²) in [6.07, 6.45) is 0.989. The van der Waals surface area contributed by atoms with Crippen LogP contribution in [0.2, 0.25) is 0 Å². The molecule has 0 fully saturated rings. The van der Waals surface area contributed by atoms with Crippen molar-refractivity contribution in [1.29, 1.82) is 0 Å². The molecule has 14 heavy (non-hydrogen) atoms. The van der Waals surface area contributed by atoms with Gasteiger partial charge in [0.25, 0.3) is 0 Å². The monoisotopic (exact) mass is 220 g/mol. The van der Waals surface area contributed by atoms with Gasteiger partial charge in [-0.25, -0.2) is 4.79 Å². The second-order valence-electron chi connectivity index (χ2n) is 2.75. The molecule has 0 aromatic carbocycles. The number of hydrogen-bond donors (Lipinski definition) is 0. The molecule has 1 atom stereocenters. The molecular formula is C9H13ClO4. The zero-order chi connectivity index (χ0) is 11.1. The first-order valence-corrected chi connectivity index (χ1v) is 4.41. The Labute approximate surface area is 87.8 Å². The quantitative estimate of drug-likeness (QED) is 0.398. The van der Waals surface area contributed by atoms with Crippen LogP contribution in [0.15, 0.2) is 11.6 Å². The first-order chi connectivity index (χ1) is 6.47. The van der Waals surface area contributed by atoms with Gasteiger partial charge in [-0.1, -0.05) is 0 Å². The van der Waals surface area contributed by atoms with Gasteiger partial charge in [-0.15, -0.1) is 0 Å². The first-order valence-electron chi connectivity index (χ1n) is 4.04. The standard InChI is InChI=1S/C9H13ClO4/c1-6(9(10)12)4-7(2)14-8(11)5-13-3/h4,7H,5H2,1-3H3/b6-4+/t7-/m0/s1. The van der Waals surface area contributed by atoms with Crippen LogP contribution in [-0.4, -0.2) is 31.0 Å². The maximum absolute atomic E-state index is 10.9. The van der Waals surface area contributed by atoms with E-state index in [0.29, 0.717) is 5.57 Å². The molecule has 0 aliphatic carbocycles. The molecule has 0 spiro atoms. The zero-order valence-electron chi connectivity index (χ0n) is 8.37. The second-order valence-corrected chi connectivity index (χ2v) is 3.09. The Morgan fingerprint density at radius 2 is 2.07 bits per heavy atom. The van der Waals surface area contributed by atoms with Gasteiger partial charge in [-0.3, -0.25) is 4.79 Å². The Balaban J connectivity index is 4.09. The number of halogens is 1. The molecule has 5 heteroatoms. The lowest BCUT2D eigenvalue weighted by molar-refractivity contribution is -0.150. The molecule has 0 amide bonds. The number of methoxy groups -OCH3 is 1. The highest BCUT2D eigenvalue weighted by Crippen LogP contribution is 2.03. The van der Waals surface area contributed by atoms with E-state index >= 15 is 0 Å². The molecule has 0 radical (unpaired) electrons. The summed E-state index contributed by atoms with van der Waals surface area (Å²) in [7, 11) is 1.40. The van der Waals surface area contributed by atoms with Crippen molar-refractivity contribution in [3.05, 3.63) is 11.6 Å². The average Bonchev–Trinajstić information content (AvgIpc) is 2.03. The van der Waals surface area contributed by atoms with E-state index in [0.717, 1.165) is 0 Å². The molecular weight excluding hydrogens is 208 g/mol. The number of carbonyl (C=O) groups is 2. The van der Waals surface area contributed by atoms with Gasteiger partial charge in [0.2, 0.25) is 5.24 Å². The number of rotatable bonds is 5. The molecule has 4 nitrogen and oxygen atoms in total. The summed E-state index contributed by atoms with van der Waals surface area (Å²) in [6, 6.07) is 0. The molecule has 0 rings (SSSR count). The van der Waals surface area contributed by atoms with Crippen LogP contribution >= 0.6 is 11.6 Å². The van der Waals surface area contributed by atoms with Crippen molar-refractivity contribution >= 4 is 22.8 Å². The summed E-state index contributed by atoms with van der Waals surface area (Å²) in [5.41, 5.74) is 0.351. The van der Waals surface area contributed by atoms with Crippen LogP contribution in [0.25, 0.3) is 0 Å². The van der Waals surface area contributed by atoms with E-state index in [1.807, 2.05) is 0 Å². The molecule has 0 aromatic rings. The fourth-order valence-corrected chi connectivity index (χ4v) is 0.874. The van der Waals surface area contributed by atoms with Gasteiger partial charge in [0.05, 0.1) is 0 Å². The molecule has 0 bridgehead atoms. The molecule has 0 aliphatic rings. The Morgan fingerprint density at radius 1 is 1.50 bits per heavy atom. The first kappa shape index (κ1) is 13.1. The number of hydrogen-bond acceptors (Lipinski definition) is 4. The van der Waals surface area contributed by atoms with Crippen molar-refractivity contribution < 1.29 is 19.1 Å². The third-order valence-electron chi connectivity index (χ3n) is 1.37. The van der Waals surface area contributed by atoms with Crippen LogP contribution in [0, 0.1) is 0 Å². The largest absolute Gasteiger partial charge is 0.457 e. The van der Waals surface area contributed by atoms with Crippen molar-refractivity contribution in [2.75, 3.05) is 13.7 Å². The van der Waals surface area contributed by atoms with Gasteiger partial charge >= 0.3 is 5.97 Å². The van der Waals surface area contributed by atoms with Crippen molar-refractivity contribution in [3.63, 3.8) is 0 Å². The van der Waals surface area contributed by atoms with E-state index in [-0.39, 0.29) is 6.61 Å². The number of ether oxygens (including phenoxy) is 2. The Morgan fingerprint density at radius 3 is 2.50 bits per heavy atom. The third-order valence-corrected chi connectivity index (χ3v) is 1.67. The summed E-state index contributed by atoms with van der Waals surface area (Å²) < 4.78 is 9.43. The minimum absolute atomic E-state index is 0.105. The van der Waals surface area contributed by atoms with Crippen LogP contribution in [0.1, 0.15) is 13.8 Å². The van der Waals surface area contributed by atoms with Crippen LogP contribution in [-0.2, 0) is 19.1 Å². The van der Waals surface area contributed by atoms with Crippen LogP contribution in [0.3, 0.4) is 0 Å². The summed E-state index contributed by atoms with van der Waals surface area (Å²) in [4.78, 5) is 21.5. The Bertz CT molecular complexity index is 247. The van der Waals surface area contributed by atoms with Crippen LogP contribution in [0.4, 0.5) is 0 Å². The fourth-order valence-electron chi connectivity index (χ4n) is 0.811. The highest BCUT2D eigenvalue weighted by Gasteiger charge is 2.08. The van der Waals surface area contributed by atoms with Crippen LogP contribution < -0.4 is 0 Å². The SMILES string of the molecule is COCC(=O)O[C@@H](C)/C=C(\C)C(=O)Cl. The molecule has 0 heterocycles. The topological polar surface area (TPSA) is 52.6 Å². The van der Waals surface area contributed by atoms with E-state index in [4.69, 9.17) is 16.3 Å². The maximum atomic E-state index is 10.9. The predicted molar refractivity (Wildman–Crippen MR) is 52.0 cm³/mol. The Hall–Kier alpha value is -0.870. The molecule has 80 valence electrons. The van der Waals surface area contributed by atoms with Crippen molar-refractivity contribution in [3.8, 4) is 0 Å². The lowest BCUT2D eigenvalue weighted by Crippen LogP contribution is -2.17. The third kappa shape index (κ3) is 5.72. The van der Waals surface area contributed by atoms with E-state index in [1.165, 1.54) is 13.2 Å². The van der Waals surface area contributed by atoms with E-state index < -0.39 is 17.3 Å². The van der Waals surface area contributed by atoms with E-state index in [1.54, 1.807) is 13.8 Å². The van der Waals surface area contributed by atoms with Gasteiger partial charge in [-0.05, 0) is 31.5 Å². The molecule has 0 aromatic heterocycles. The average molecular weight is 221 g/mol. The number of carbonyl (C=O) groups excluding carboxylic acids is 2. The lowest BCUT2D eigenvalue weighted by atomic mass is 10.2. The zero-order valence-corrected chi connectivity index (χ0v) is 9.13. The molecule has 0 N–H and O–H groups in total. The number of esters is 1. The second kappa shape index (κ2) is 6.56. The minimum atomic E-state index is -0.556. The Kier molecular flexibility index (Phi) is 6.16. The van der Waals surface area contributed by atoms with Crippen LogP contribution in [0.5, 0.6) is 0 Å². The highest BCUT2D eigenvalue weighted by atomic mass is 35.5. The van der Waals surface area contributed by atoms with Crippen molar-refractivity contribution in [1.82, 2.24) is 0 Å². The van der Waals surface area contributed by atoms with Gasteiger partial charge in [-0.2, -0.15) is 0 Å². The van der Waals surface area contributed by atoms with E-state index in [9.17, 15) is 9.59 Å². The number of allylic oxidation sites excluding steroid dienone is 1. The van der Waals surface area contributed by atoms with Gasteiger partial charge in [0.15, 0.2) is 0 Å². The summed E-state index contributed by atoms with van der Waals surface area (Å²) in [5.74, 6) is -0.480. The summed E-state index contributed by atoms with van der Waals surface area (Å²) >= 11 is 5.20. The van der Waals surface area contributed by atoms with E-state index in [2.05, 4.69) is 4.74 Å². The molecule has 0 unspecified atom stereocenters. The van der Waals surface area contributed by atoms with Gasteiger partial charge < -0.3 is 9.47 Å². The fraction of sp³-hybridized carbons (Fsp3) is 0.556. The summed E-state index contributed by atoms with van der Waals surface area (Å²) in [5, 5.41) is -0.556. The lowest BCUT2D eigenvalue weighted by Gasteiger charge is -2.08.